The standard InChI is InChI=1S/C14H22N2O4/c1-16(2)8-4-7-15-13(14(18)19)10-5-6-11(17)12(9-10)20-3/h5-6,9,13,15,17H,4,7-8H2,1-3H3,(H,18,19). The molecule has 0 saturated carbocycles. The number of aromatic hydroxyl groups is 1. The quantitative estimate of drug-likeness (QED) is 0.619. The first kappa shape index (κ1) is 16.3. The van der Waals surface area contributed by atoms with Gasteiger partial charge in [0, 0.05) is 0 Å². The molecular formula is C14H22N2O4. The molecule has 1 aromatic carbocycles. The number of phenolic OH excluding ortho intramolecular Hbond substituents is 1. The van der Waals surface area contributed by atoms with Crippen LogP contribution in [0.4, 0.5) is 0 Å². The molecule has 0 spiro atoms. The largest absolute Gasteiger partial charge is 0.504 e. The SMILES string of the molecule is COc1cc(C(NCCCN(C)C)C(=O)O)ccc1O. The predicted octanol–water partition coefficient (Wildman–Crippen LogP) is 1.07. The van der Waals surface area contributed by atoms with Gasteiger partial charge >= 0.3 is 5.97 Å². The highest BCUT2D eigenvalue weighted by Crippen LogP contribution is 2.29. The van der Waals surface area contributed by atoms with Crippen LogP contribution in [0.1, 0.15) is 18.0 Å². The number of benzene rings is 1. The Bertz CT molecular complexity index is 449. The summed E-state index contributed by atoms with van der Waals surface area (Å²) in [7, 11) is 5.37. The van der Waals surface area contributed by atoms with Crippen LogP contribution in [0, 0.1) is 0 Å². The van der Waals surface area contributed by atoms with E-state index in [0.717, 1.165) is 13.0 Å². The summed E-state index contributed by atoms with van der Waals surface area (Å²) in [5.41, 5.74) is 0.553. The van der Waals surface area contributed by atoms with Gasteiger partial charge in [-0.1, -0.05) is 6.07 Å². The Morgan fingerprint density at radius 3 is 2.70 bits per heavy atom. The number of carbonyl (C=O) groups is 1. The summed E-state index contributed by atoms with van der Waals surface area (Å²) in [6.07, 6.45) is 0.853. The van der Waals surface area contributed by atoms with E-state index in [4.69, 9.17) is 4.74 Å². The summed E-state index contributed by atoms with van der Waals surface area (Å²) in [5, 5.41) is 21.8. The molecule has 1 atom stereocenters. The van der Waals surface area contributed by atoms with E-state index >= 15 is 0 Å². The molecule has 6 nitrogen and oxygen atoms in total. The highest BCUT2D eigenvalue weighted by molar-refractivity contribution is 5.76. The van der Waals surface area contributed by atoms with Crippen LogP contribution in [-0.4, -0.2) is 55.4 Å². The van der Waals surface area contributed by atoms with Crippen LogP contribution in [-0.2, 0) is 4.79 Å². The van der Waals surface area contributed by atoms with Crippen molar-refractivity contribution >= 4 is 5.97 Å². The number of carboxylic acids is 1. The van der Waals surface area contributed by atoms with E-state index in [-0.39, 0.29) is 11.5 Å². The molecule has 0 aromatic heterocycles. The van der Waals surface area contributed by atoms with Crippen LogP contribution in [0.5, 0.6) is 11.5 Å². The number of carboxylic acid groups (broad SMARTS) is 1. The molecule has 0 aliphatic carbocycles. The first-order valence-electron chi connectivity index (χ1n) is 6.43. The summed E-state index contributed by atoms with van der Waals surface area (Å²) in [5.74, 6) is -0.695. The maximum Gasteiger partial charge on any atom is 0.325 e. The summed E-state index contributed by atoms with van der Waals surface area (Å²) >= 11 is 0. The van der Waals surface area contributed by atoms with Crippen molar-refractivity contribution in [2.75, 3.05) is 34.3 Å². The van der Waals surface area contributed by atoms with E-state index < -0.39 is 12.0 Å². The molecule has 0 aliphatic heterocycles. The van der Waals surface area contributed by atoms with Crippen LogP contribution >= 0.6 is 0 Å². The van der Waals surface area contributed by atoms with Gasteiger partial charge in [0.2, 0.25) is 0 Å². The molecule has 3 N–H and O–H groups in total. The molecule has 1 aromatic rings. The van der Waals surface area contributed by atoms with Crippen LogP contribution in [0.2, 0.25) is 0 Å². The third kappa shape index (κ3) is 4.71. The third-order valence-corrected chi connectivity index (χ3v) is 2.91. The zero-order valence-corrected chi connectivity index (χ0v) is 12.1. The molecule has 0 heterocycles. The predicted molar refractivity (Wildman–Crippen MR) is 76.2 cm³/mol. The van der Waals surface area contributed by atoms with Gasteiger partial charge in [-0.05, 0) is 51.3 Å². The Hall–Kier alpha value is -1.79. The minimum Gasteiger partial charge on any atom is -0.504 e. The number of nitrogens with one attached hydrogen (secondary N) is 1. The minimum absolute atomic E-state index is 0.00648. The second kappa shape index (κ2) is 7.72. The van der Waals surface area contributed by atoms with Gasteiger partial charge in [-0.3, -0.25) is 4.79 Å². The van der Waals surface area contributed by atoms with Crippen molar-refractivity contribution in [2.45, 2.75) is 12.5 Å². The zero-order valence-electron chi connectivity index (χ0n) is 12.1. The highest BCUT2D eigenvalue weighted by Gasteiger charge is 2.20. The van der Waals surface area contributed by atoms with E-state index in [2.05, 4.69) is 5.32 Å². The first-order valence-corrected chi connectivity index (χ1v) is 6.43. The maximum atomic E-state index is 11.3. The lowest BCUT2D eigenvalue weighted by atomic mass is 10.1. The van der Waals surface area contributed by atoms with Gasteiger partial charge in [-0.2, -0.15) is 0 Å². The number of hydrogen-bond donors (Lipinski definition) is 3. The maximum absolute atomic E-state index is 11.3. The van der Waals surface area contributed by atoms with E-state index in [1.165, 1.54) is 19.2 Å². The van der Waals surface area contributed by atoms with Crippen molar-refractivity contribution in [1.29, 1.82) is 0 Å². The molecule has 0 amide bonds. The van der Waals surface area contributed by atoms with Crippen LogP contribution < -0.4 is 10.1 Å². The second-order valence-electron chi connectivity index (χ2n) is 4.81. The van der Waals surface area contributed by atoms with Crippen molar-refractivity contribution in [3.05, 3.63) is 23.8 Å². The van der Waals surface area contributed by atoms with Crippen LogP contribution in [0.15, 0.2) is 18.2 Å². The Morgan fingerprint density at radius 1 is 1.45 bits per heavy atom. The van der Waals surface area contributed by atoms with Gasteiger partial charge in [0.05, 0.1) is 7.11 Å². The number of ether oxygens (including phenoxy) is 1. The Morgan fingerprint density at radius 2 is 2.15 bits per heavy atom. The van der Waals surface area contributed by atoms with Gasteiger partial charge in [-0.25, -0.2) is 0 Å². The van der Waals surface area contributed by atoms with Gasteiger partial charge in [0.25, 0.3) is 0 Å². The monoisotopic (exact) mass is 282 g/mol. The third-order valence-electron chi connectivity index (χ3n) is 2.91. The molecule has 112 valence electrons. The van der Waals surface area contributed by atoms with Gasteiger partial charge < -0.3 is 25.2 Å². The van der Waals surface area contributed by atoms with Crippen LogP contribution in [0.3, 0.4) is 0 Å². The molecule has 1 rings (SSSR count). The fourth-order valence-corrected chi connectivity index (χ4v) is 1.86. The van der Waals surface area contributed by atoms with Gasteiger partial charge in [0.15, 0.2) is 11.5 Å². The van der Waals surface area contributed by atoms with E-state index in [1.807, 2.05) is 19.0 Å². The number of aliphatic carboxylic acids is 1. The Labute approximate surface area is 119 Å². The lowest BCUT2D eigenvalue weighted by Gasteiger charge is -2.17. The zero-order chi connectivity index (χ0) is 15.1. The molecule has 0 fully saturated rings. The fourth-order valence-electron chi connectivity index (χ4n) is 1.86. The number of phenols is 1. The van der Waals surface area contributed by atoms with Crippen molar-refractivity contribution < 1.29 is 19.7 Å². The summed E-state index contributed by atoms with van der Waals surface area (Å²) < 4.78 is 5.00. The molecule has 20 heavy (non-hydrogen) atoms. The average Bonchev–Trinajstić information content (AvgIpc) is 2.39. The topological polar surface area (TPSA) is 82.0 Å². The molecular weight excluding hydrogens is 260 g/mol. The molecule has 1 unspecified atom stereocenters. The van der Waals surface area contributed by atoms with Crippen molar-refractivity contribution in [1.82, 2.24) is 10.2 Å². The number of hydrogen-bond acceptors (Lipinski definition) is 5. The Kier molecular flexibility index (Phi) is 6.27. The summed E-state index contributed by atoms with van der Waals surface area (Å²) in [6, 6.07) is 3.74. The smallest absolute Gasteiger partial charge is 0.325 e. The van der Waals surface area contributed by atoms with Gasteiger partial charge in [-0.15, -0.1) is 0 Å². The summed E-state index contributed by atoms with van der Waals surface area (Å²) in [4.78, 5) is 13.4. The first-order chi connectivity index (χ1) is 9.45. The number of rotatable bonds is 8. The van der Waals surface area contributed by atoms with Crippen LogP contribution in [0.25, 0.3) is 0 Å². The van der Waals surface area contributed by atoms with E-state index in [1.54, 1.807) is 6.07 Å². The lowest BCUT2D eigenvalue weighted by Crippen LogP contribution is -2.30. The fraction of sp³-hybridized carbons (Fsp3) is 0.500. The van der Waals surface area contributed by atoms with Gasteiger partial charge in [0.1, 0.15) is 6.04 Å². The highest BCUT2D eigenvalue weighted by atomic mass is 16.5. The molecule has 0 bridgehead atoms. The minimum atomic E-state index is -0.956. The number of methoxy groups -OCH3 is 1. The van der Waals surface area contributed by atoms with Crippen molar-refractivity contribution in [2.24, 2.45) is 0 Å². The molecule has 0 radical (unpaired) electrons. The normalized spacial score (nSPS) is 12.4. The molecule has 0 aliphatic rings. The second-order valence-corrected chi connectivity index (χ2v) is 4.81. The lowest BCUT2D eigenvalue weighted by molar-refractivity contribution is -0.139. The van der Waals surface area contributed by atoms with Crippen molar-refractivity contribution in [3.8, 4) is 11.5 Å². The molecule has 0 saturated heterocycles. The Balaban J connectivity index is 2.73. The van der Waals surface area contributed by atoms with E-state index in [9.17, 15) is 15.0 Å². The number of nitrogens with zero attached hydrogens (tertiary/aromatic N) is 1. The van der Waals surface area contributed by atoms with E-state index in [0.29, 0.717) is 12.1 Å². The average molecular weight is 282 g/mol. The summed E-state index contributed by atoms with van der Waals surface area (Å²) in [6.45, 7) is 1.48. The van der Waals surface area contributed by atoms with Crippen molar-refractivity contribution in [3.63, 3.8) is 0 Å². The molecule has 6 heteroatoms.